The molecule has 3 amide bonds. The highest BCUT2D eigenvalue weighted by Gasteiger charge is 2.30. The molecule has 0 aromatic heterocycles. The minimum absolute atomic E-state index is 0.0110. The Bertz CT molecular complexity index is 734. The minimum atomic E-state index is -0.330. The Morgan fingerprint density at radius 2 is 1.80 bits per heavy atom. The van der Waals surface area contributed by atoms with Gasteiger partial charge in [0.1, 0.15) is 5.82 Å². The highest BCUT2D eigenvalue weighted by atomic mass is 19.1. The van der Waals surface area contributed by atoms with Crippen LogP contribution in [0, 0.1) is 11.7 Å². The fourth-order valence-corrected chi connectivity index (χ4v) is 2.87. The van der Waals surface area contributed by atoms with E-state index in [2.05, 4.69) is 10.6 Å². The molecule has 2 aromatic rings. The molecule has 0 saturated carbocycles. The topological polar surface area (TPSA) is 61.4 Å². The van der Waals surface area contributed by atoms with Crippen LogP contribution >= 0.6 is 0 Å². The molecule has 5 nitrogen and oxygen atoms in total. The normalized spacial score (nSPS) is 16.8. The van der Waals surface area contributed by atoms with Crippen LogP contribution in [0.1, 0.15) is 12.0 Å². The van der Waals surface area contributed by atoms with E-state index in [9.17, 15) is 14.0 Å². The Labute approximate surface area is 145 Å². The third kappa shape index (κ3) is 4.56. The summed E-state index contributed by atoms with van der Waals surface area (Å²) in [5, 5.41) is 5.60. The second-order valence-electron chi connectivity index (χ2n) is 6.10. The zero-order valence-electron chi connectivity index (χ0n) is 13.7. The van der Waals surface area contributed by atoms with Crippen LogP contribution in [0.15, 0.2) is 54.6 Å². The third-order valence-corrected chi connectivity index (χ3v) is 4.19. The van der Waals surface area contributed by atoms with E-state index in [0.29, 0.717) is 31.7 Å². The van der Waals surface area contributed by atoms with Gasteiger partial charge in [0, 0.05) is 37.7 Å². The smallest absolute Gasteiger partial charge is 0.315 e. The quantitative estimate of drug-likeness (QED) is 0.878. The van der Waals surface area contributed by atoms with Gasteiger partial charge in [0.15, 0.2) is 0 Å². The second kappa shape index (κ2) is 7.79. The maximum absolute atomic E-state index is 13.0. The summed E-state index contributed by atoms with van der Waals surface area (Å²) < 4.78 is 13.0. The Balaban J connectivity index is 1.45. The number of rotatable bonds is 5. The van der Waals surface area contributed by atoms with Crippen LogP contribution in [-0.4, -0.2) is 25.0 Å². The molecule has 1 aliphatic rings. The first-order valence-electron chi connectivity index (χ1n) is 8.23. The molecule has 0 aliphatic carbocycles. The molecule has 6 heteroatoms. The standard InChI is InChI=1S/C19H20FN3O2/c20-16-6-8-17(9-7-16)23-13-15(10-18(23)24)12-22-19(25)21-11-14-4-2-1-3-5-14/h1-9,15H,10-13H2,(H2,21,22,25)/t15-/m0/s1. The van der Waals surface area contributed by atoms with Crippen molar-refractivity contribution in [3.05, 3.63) is 66.0 Å². The molecule has 1 aliphatic heterocycles. The number of hydrogen-bond donors (Lipinski definition) is 2. The molecule has 2 N–H and O–H groups in total. The summed E-state index contributed by atoms with van der Waals surface area (Å²) in [6, 6.07) is 15.3. The maximum Gasteiger partial charge on any atom is 0.315 e. The molecule has 3 rings (SSSR count). The first-order valence-corrected chi connectivity index (χ1v) is 8.23. The monoisotopic (exact) mass is 341 g/mol. The lowest BCUT2D eigenvalue weighted by Crippen LogP contribution is -2.38. The fraction of sp³-hybridized carbons (Fsp3) is 0.263. The largest absolute Gasteiger partial charge is 0.338 e. The number of anilines is 1. The van der Waals surface area contributed by atoms with Gasteiger partial charge in [-0.25, -0.2) is 9.18 Å². The number of halogens is 1. The van der Waals surface area contributed by atoms with Crippen LogP contribution in [-0.2, 0) is 11.3 Å². The molecule has 1 saturated heterocycles. The Morgan fingerprint density at radius 1 is 1.08 bits per heavy atom. The highest BCUT2D eigenvalue weighted by molar-refractivity contribution is 5.95. The lowest BCUT2D eigenvalue weighted by Gasteiger charge is -2.17. The fourth-order valence-electron chi connectivity index (χ4n) is 2.87. The zero-order chi connectivity index (χ0) is 17.6. The van der Waals surface area contributed by atoms with Gasteiger partial charge < -0.3 is 15.5 Å². The average molecular weight is 341 g/mol. The summed E-state index contributed by atoms with van der Waals surface area (Å²) in [7, 11) is 0. The van der Waals surface area contributed by atoms with Crippen molar-refractivity contribution < 1.29 is 14.0 Å². The highest BCUT2D eigenvalue weighted by Crippen LogP contribution is 2.24. The van der Waals surface area contributed by atoms with E-state index < -0.39 is 0 Å². The Hall–Kier alpha value is -2.89. The van der Waals surface area contributed by atoms with E-state index in [4.69, 9.17) is 0 Å². The van der Waals surface area contributed by atoms with Gasteiger partial charge in [-0.2, -0.15) is 0 Å². The van der Waals surface area contributed by atoms with E-state index in [1.165, 1.54) is 12.1 Å². The number of hydrogen-bond acceptors (Lipinski definition) is 2. The minimum Gasteiger partial charge on any atom is -0.338 e. The lowest BCUT2D eigenvalue weighted by atomic mass is 10.1. The first kappa shape index (κ1) is 17.0. The summed E-state index contributed by atoms with van der Waals surface area (Å²) in [6.07, 6.45) is 0.371. The molecule has 0 spiro atoms. The van der Waals surface area contributed by atoms with Crippen molar-refractivity contribution >= 4 is 17.6 Å². The van der Waals surface area contributed by atoms with Crippen LogP contribution in [0.5, 0.6) is 0 Å². The van der Waals surface area contributed by atoms with Crippen LogP contribution in [0.4, 0.5) is 14.9 Å². The number of amides is 3. The molecule has 25 heavy (non-hydrogen) atoms. The molecular formula is C19H20FN3O2. The maximum atomic E-state index is 13.0. The SMILES string of the molecule is O=C(NCc1ccccc1)NC[C@@H]1CC(=O)N(c2ccc(F)cc2)C1. The number of nitrogens with one attached hydrogen (secondary N) is 2. The van der Waals surface area contributed by atoms with E-state index in [1.807, 2.05) is 30.3 Å². The van der Waals surface area contributed by atoms with Crippen molar-refractivity contribution in [3.8, 4) is 0 Å². The van der Waals surface area contributed by atoms with Crippen molar-refractivity contribution in [2.75, 3.05) is 18.0 Å². The summed E-state index contributed by atoms with van der Waals surface area (Å²) in [5.41, 5.74) is 1.71. The molecule has 130 valence electrons. The van der Waals surface area contributed by atoms with Crippen molar-refractivity contribution in [1.82, 2.24) is 10.6 Å². The van der Waals surface area contributed by atoms with E-state index >= 15 is 0 Å². The van der Waals surface area contributed by atoms with E-state index in [1.54, 1.807) is 17.0 Å². The first-order chi connectivity index (χ1) is 12.1. The second-order valence-corrected chi connectivity index (χ2v) is 6.10. The predicted octanol–water partition coefficient (Wildman–Crippen LogP) is 2.68. The molecule has 0 unspecified atom stereocenters. The summed E-state index contributed by atoms with van der Waals surface area (Å²) >= 11 is 0. The molecule has 2 aromatic carbocycles. The van der Waals surface area contributed by atoms with Crippen molar-refractivity contribution in [3.63, 3.8) is 0 Å². The van der Waals surface area contributed by atoms with Gasteiger partial charge in [-0.15, -0.1) is 0 Å². The number of urea groups is 1. The van der Waals surface area contributed by atoms with Gasteiger partial charge in [-0.3, -0.25) is 4.79 Å². The third-order valence-electron chi connectivity index (χ3n) is 4.19. The lowest BCUT2D eigenvalue weighted by molar-refractivity contribution is -0.117. The number of carbonyl (C=O) groups is 2. The van der Waals surface area contributed by atoms with Gasteiger partial charge in [0.25, 0.3) is 0 Å². The summed E-state index contributed by atoms with van der Waals surface area (Å²) in [6.45, 7) is 1.39. The summed E-state index contributed by atoms with van der Waals surface area (Å²) in [4.78, 5) is 25.6. The Kier molecular flexibility index (Phi) is 5.28. The zero-order valence-corrected chi connectivity index (χ0v) is 13.7. The van der Waals surface area contributed by atoms with Gasteiger partial charge in [0.2, 0.25) is 5.91 Å². The van der Waals surface area contributed by atoms with E-state index in [0.717, 1.165) is 5.56 Å². The molecule has 1 heterocycles. The van der Waals surface area contributed by atoms with Crippen LogP contribution < -0.4 is 15.5 Å². The molecule has 1 fully saturated rings. The Morgan fingerprint density at radius 3 is 2.52 bits per heavy atom. The van der Waals surface area contributed by atoms with Crippen molar-refractivity contribution in [2.45, 2.75) is 13.0 Å². The summed E-state index contributed by atoms with van der Waals surface area (Å²) in [5.74, 6) is -0.299. The number of benzene rings is 2. The molecule has 0 bridgehead atoms. The average Bonchev–Trinajstić information content (AvgIpc) is 3.00. The van der Waals surface area contributed by atoms with Gasteiger partial charge in [-0.05, 0) is 29.8 Å². The molecular weight excluding hydrogens is 321 g/mol. The molecule has 0 radical (unpaired) electrons. The van der Waals surface area contributed by atoms with Crippen LogP contribution in [0.25, 0.3) is 0 Å². The van der Waals surface area contributed by atoms with Gasteiger partial charge in [0.05, 0.1) is 0 Å². The number of nitrogens with zero attached hydrogens (tertiary/aromatic N) is 1. The molecule has 1 atom stereocenters. The van der Waals surface area contributed by atoms with Gasteiger partial charge >= 0.3 is 6.03 Å². The van der Waals surface area contributed by atoms with Crippen molar-refractivity contribution in [2.24, 2.45) is 5.92 Å². The van der Waals surface area contributed by atoms with Crippen LogP contribution in [0.2, 0.25) is 0 Å². The predicted molar refractivity (Wildman–Crippen MR) is 93.5 cm³/mol. The van der Waals surface area contributed by atoms with Gasteiger partial charge in [-0.1, -0.05) is 30.3 Å². The van der Waals surface area contributed by atoms with Crippen molar-refractivity contribution in [1.29, 1.82) is 0 Å². The van der Waals surface area contributed by atoms with E-state index in [-0.39, 0.29) is 23.7 Å². The number of carbonyl (C=O) groups excluding carboxylic acids is 2. The van der Waals surface area contributed by atoms with Crippen LogP contribution in [0.3, 0.4) is 0 Å².